The number of ether oxygens (including phenoxy) is 1. The minimum atomic E-state index is -0.459. The van der Waals surface area contributed by atoms with Gasteiger partial charge in [-0.15, -0.1) is 0 Å². The molecule has 3 N–H and O–H groups in total. The zero-order valence-electron chi connectivity index (χ0n) is 12.3. The molecule has 0 bridgehead atoms. The number of amides is 1. The van der Waals surface area contributed by atoms with Gasteiger partial charge in [0, 0.05) is 11.3 Å². The van der Waals surface area contributed by atoms with Crippen LogP contribution in [0.5, 0.6) is 0 Å². The van der Waals surface area contributed by atoms with Crippen LogP contribution >= 0.6 is 12.2 Å². The first-order valence-electron chi connectivity index (χ1n) is 7.38. The smallest absolute Gasteiger partial charge is 0.253 e. The molecule has 1 aromatic carbocycles. The number of nitrogens with two attached hydrogens (primary N) is 1. The molecule has 0 aromatic heterocycles. The van der Waals surface area contributed by atoms with E-state index in [-0.39, 0.29) is 5.91 Å². The van der Waals surface area contributed by atoms with Gasteiger partial charge in [0.1, 0.15) is 11.1 Å². The van der Waals surface area contributed by atoms with E-state index in [4.69, 9.17) is 22.7 Å². The molecule has 0 spiro atoms. The summed E-state index contributed by atoms with van der Waals surface area (Å²) in [5.74, 6) is 0.464. The highest BCUT2D eigenvalue weighted by Gasteiger charge is 2.19. The monoisotopic (exact) mass is 306 g/mol. The Morgan fingerprint density at radius 1 is 1.48 bits per heavy atom. The van der Waals surface area contributed by atoms with Crippen molar-refractivity contribution in [3.8, 4) is 0 Å². The van der Waals surface area contributed by atoms with Crippen LogP contribution in [0.25, 0.3) is 0 Å². The highest BCUT2D eigenvalue weighted by molar-refractivity contribution is 7.80. The van der Waals surface area contributed by atoms with E-state index in [0.717, 1.165) is 5.56 Å². The van der Waals surface area contributed by atoms with Crippen molar-refractivity contribution in [1.29, 1.82) is 0 Å². The van der Waals surface area contributed by atoms with E-state index in [1.165, 1.54) is 25.7 Å². The Kier molecular flexibility index (Phi) is 5.70. The first-order valence-corrected chi connectivity index (χ1v) is 7.79. The van der Waals surface area contributed by atoms with Crippen molar-refractivity contribution in [2.45, 2.75) is 38.7 Å². The highest BCUT2D eigenvalue weighted by atomic mass is 32.1. The Morgan fingerprint density at radius 3 is 2.86 bits per heavy atom. The highest BCUT2D eigenvalue weighted by Crippen LogP contribution is 2.25. The molecule has 114 valence electrons. The summed E-state index contributed by atoms with van der Waals surface area (Å²) in [4.78, 5) is 12.4. The summed E-state index contributed by atoms with van der Waals surface area (Å²) in [7, 11) is 0. The van der Waals surface area contributed by atoms with E-state index in [2.05, 4.69) is 5.32 Å². The van der Waals surface area contributed by atoms with Crippen molar-refractivity contribution in [3.05, 3.63) is 29.8 Å². The van der Waals surface area contributed by atoms with Gasteiger partial charge in [-0.3, -0.25) is 4.79 Å². The lowest BCUT2D eigenvalue weighted by atomic mass is 10.1. The molecule has 1 aliphatic rings. The van der Waals surface area contributed by atoms with Gasteiger partial charge in [-0.05, 0) is 37.8 Å². The molecule has 2 rings (SSSR count). The maximum absolute atomic E-state index is 12.1. The summed E-state index contributed by atoms with van der Waals surface area (Å²) in [5, 5.41) is 2.83. The van der Waals surface area contributed by atoms with E-state index < -0.39 is 6.10 Å². The van der Waals surface area contributed by atoms with Crippen LogP contribution in [0.3, 0.4) is 0 Å². The molecule has 5 heteroatoms. The van der Waals surface area contributed by atoms with Crippen LogP contribution in [0.2, 0.25) is 0 Å². The molecular formula is C16H22N2O2S. The molecule has 1 atom stereocenters. The predicted molar refractivity (Wildman–Crippen MR) is 88.3 cm³/mol. The fourth-order valence-electron chi connectivity index (χ4n) is 2.53. The summed E-state index contributed by atoms with van der Waals surface area (Å²) in [6.45, 7) is 2.45. The molecule has 1 aliphatic carbocycles. The van der Waals surface area contributed by atoms with Gasteiger partial charge in [-0.25, -0.2) is 0 Å². The second-order valence-corrected chi connectivity index (χ2v) is 6.00. The molecule has 4 nitrogen and oxygen atoms in total. The lowest BCUT2D eigenvalue weighted by Crippen LogP contribution is -2.29. The third kappa shape index (κ3) is 4.79. The van der Waals surface area contributed by atoms with Crippen molar-refractivity contribution < 1.29 is 9.53 Å². The zero-order valence-corrected chi connectivity index (χ0v) is 13.1. The van der Waals surface area contributed by atoms with Crippen molar-refractivity contribution in [2.75, 3.05) is 11.9 Å². The number of hydrogen-bond donors (Lipinski definition) is 2. The SMILES string of the molecule is CC(OCC1CCCC1)C(=O)Nc1cccc(C(N)=S)c1. The van der Waals surface area contributed by atoms with Crippen molar-refractivity contribution >= 4 is 28.8 Å². The predicted octanol–water partition coefficient (Wildman–Crippen LogP) is 2.85. The molecule has 0 saturated heterocycles. The third-order valence-corrected chi connectivity index (χ3v) is 4.08. The van der Waals surface area contributed by atoms with Crippen LogP contribution < -0.4 is 11.1 Å². The number of anilines is 1. The van der Waals surface area contributed by atoms with E-state index in [0.29, 0.717) is 23.2 Å². The summed E-state index contributed by atoms with van der Waals surface area (Å²) in [6, 6.07) is 7.21. The third-order valence-electron chi connectivity index (χ3n) is 3.84. The average molecular weight is 306 g/mol. The topological polar surface area (TPSA) is 64.3 Å². The normalized spacial score (nSPS) is 16.6. The Bertz CT molecular complexity index is 513. The summed E-state index contributed by atoms with van der Waals surface area (Å²) >= 11 is 4.93. The van der Waals surface area contributed by atoms with E-state index >= 15 is 0 Å². The minimum Gasteiger partial charge on any atom is -0.389 e. The Hall–Kier alpha value is -1.46. The van der Waals surface area contributed by atoms with Gasteiger partial charge in [-0.2, -0.15) is 0 Å². The molecular weight excluding hydrogens is 284 g/mol. The Labute approximate surface area is 131 Å². The molecule has 0 radical (unpaired) electrons. The number of hydrogen-bond acceptors (Lipinski definition) is 3. The number of nitrogens with one attached hydrogen (secondary N) is 1. The van der Waals surface area contributed by atoms with Gasteiger partial charge in [0.05, 0.1) is 6.61 Å². The molecule has 0 heterocycles. The van der Waals surface area contributed by atoms with Crippen LogP contribution in [0, 0.1) is 5.92 Å². The minimum absolute atomic E-state index is 0.145. The zero-order chi connectivity index (χ0) is 15.2. The van der Waals surface area contributed by atoms with Gasteiger partial charge < -0.3 is 15.8 Å². The molecule has 0 aliphatic heterocycles. The number of carbonyl (C=O) groups is 1. The van der Waals surface area contributed by atoms with Gasteiger partial charge >= 0.3 is 0 Å². The number of carbonyl (C=O) groups excluding carboxylic acids is 1. The van der Waals surface area contributed by atoms with Crippen LogP contribution in [0.1, 0.15) is 38.2 Å². The molecule has 21 heavy (non-hydrogen) atoms. The molecule has 1 aromatic rings. The average Bonchev–Trinajstić information content (AvgIpc) is 2.98. The molecule has 1 saturated carbocycles. The first kappa shape index (κ1) is 15.9. The van der Waals surface area contributed by atoms with Crippen LogP contribution in [-0.2, 0) is 9.53 Å². The summed E-state index contributed by atoms with van der Waals surface area (Å²) in [6.07, 6.45) is 4.52. The molecule has 1 amide bonds. The standard InChI is InChI=1S/C16H22N2O2S/c1-11(20-10-12-5-2-3-6-12)16(19)18-14-8-4-7-13(9-14)15(17)21/h4,7-9,11-12H,2-3,5-6,10H2,1H3,(H2,17,21)(H,18,19). The lowest BCUT2D eigenvalue weighted by molar-refractivity contribution is -0.127. The van der Waals surface area contributed by atoms with Crippen LogP contribution in [0.4, 0.5) is 5.69 Å². The van der Waals surface area contributed by atoms with Crippen LogP contribution in [-0.4, -0.2) is 23.6 Å². The number of thiocarbonyl (C=S) groups is 1. The molecule has 1 unspecified atom stereocenters. The fourth-order valence-corrected chi connectivity index (χ4v) is 2.65. The first-order chi connectivity index (χ1) is 10.1. The van der Waals surface area contributed by atoms with Crippen molar-refractivity contribution in [3.63, 3.8) is 0 Å². The quantitative estimate of drug-likeness (QED) is 0.793. The Morgan fingerprint density at radius 2 is 2.19 bits per heavy atom. The number of rotatable bonds is 6. The molecule has 1 fully saturated rings. The van der Waals surface area contributed by atoms with Gasteiger partial charge in [0.2, 0.25) is 0 Å². The maximum Gasteiger partial charge on any atom is 0.253 e. The number of benzene rings is 1. The fraction of sp³-hybridized carbons (Fsp3) is 0.500. The van der Waals surface area contributed by atoms with Gasteiger partial charge in [0.15, 0.2) is 0 Å². The van der Waals surface area contributed by atoms with Gasteiger partial charge in [-0.1, -0.05) is 37.2 Å². The second-order valence-electron chi connectivity index (χ2n) is 5.56. The summed E-state index contributed by atoms with van der Waals surface area (Å²) < 4.78 is 5.68. The van der Waals surface area contributed by atoms with E-state index in [1.54, 1.807) is 13.0 Å². The second kappa shape index (κ2) is 7.52. The lowest BCUT2D eigenvalue weighted by Gasteiger charge is -2.16. The van der Waals surface area contributed by atoms with E-state index in [9.17, 15) is 4.79 Å². The van der Waals surface area contributed by atoms with Crippen molar-refractivity contribution in [2.24, 2.45) is 11.7 Å². The largest absolute Gasteiger partial charge is 0.389 e. The maximum atomic E-state index is 12.1. The van der Waals surface area contributed by atoms with E-state index in [1.807, 2.05) is 18.2 Å². The Balaban J connectivity index is 1.84. The summed E-state index contributed by atoms with van der Waals surface area (Å²) in [5.41, 5.74) is 7.01. The van der Waals surface area contributed by atoms with Crippen molar-refractivity contribution in [1.82, 2.24) is 0 Å². The van der Waals surface area contributed by atoms with Crippen LogP contribution in [0.15, 0.2) is 24.3 Å². The van der Waals surface area contributed by atoms with Gasteiger partial charge in [0.25, 0.3) is 5.91 Å².